The van der Waals surface area contributed by atoms with Gasteiger partial charge in [0.15, 0.2) is 16.5 Å². The molecule has 9 nitrogen and oxygen atoms in total. The van der Waals surface area contributed by atoms with Crippen molar-refractivity contribution in [2.24, 2.45) is 0 Å². The minimum absolute atomic E-state index is 0.0289. The largest absolute Gasteiger partial charge is 0.480 e. The standard InChI is InChI=1S/C21H15ClF3N5O4S/c1-26-20(31)19-27-9-14-17(24)11(5-6-30(14)19)16-12(23)3-4-13(18(16)25)29-35(32,33)15-7-10(22)8-28-21(15)34-2/h3-9,29H,1-2H3,(H,26,31). The zero-order valence-corrected chi connectivity index (χ0v) is 19.5. The number of sulfonamides is 1. The first kappa shape index (κ1) is 24.3. The van der Waals surface area contributed by atoms with Crippen LogP contribution >= 0.6 is 11.6 Å². The first-order valence-electron chi connectivity index (χ1n) is 9.67. The van der Waals surface area contributed by atoms with Crippen molar-refractivity contribution in [3.63, 3.8) is 0 Å². The number of anilines is 1. The van der Waals surface area contributed by atoms with Crippen molar-refractivity contribution < 1.29 is 31.1 Å². The van der Waals surface area contributed by atoms with Gasteiger partial charge in [-0.25, -0.2) is 31.6 Å². The average Bonchev–Trinajstić information content (AvgIpc) is 3.27. The number of rotatable bonds is 6. The van der Waals surface area contributed by atoms with Crippen LogP contribution in [-0.2, 0) is 10.0 Å². The fraction of sp³-hybridized carbons (Fsp3) is 0.0952. The molecule has 2 N–H and O–H groups in total. The summed E-state index contributed by atoms with van der Waals surface area (Å²) in [6.07, 6.45) is 3.40. The lowest BCUT2D eigenvalue weighted by molar-refractivity contribution is 0.0952. The van der Waals surface area contributed by atoms with Crippen LogP contribution < -0.4 is 14.8 Å². The molecule has 0 aliphatic carbocycles. The number of imidazole rings is 1. The van der Waals surface area contributed by atoms with E-state index in [9.17, 15) is 17.6 Å². The van der Waals surface area contributed by atoms with Crippen LogP contribution in [0.1, 0.15) is 10.6 Å². The summed E-state index contributed by atoms with van der Waals surface area (Å²) in [5, 5.41) is 2.32. The Morgan fingerprint density at radius 2 is 1.86 bits per heavy atom. The van der Waals surface area contributed by atoms with Crippen molar-refractivity contribution in [2.45, 2.75) is 4.90 Å². The molecule has 3 heterocycles. The van der Waals surface area contributed by atoms with E-state index in [0.717, 1.165) is 41.1 Å². The molecule has 35 heavy (non-hydrogen) atoms. The highest BCUT2D eigenvalue weighted by atomic mass is 35.5. The van der Waals surface area contributed by atoms with E-state index in [0.29, 0.717) is 0 Å². The second kappa shape index (κ2) is 9.07. The Morgan fingerprint density at radius 3 is 2.54 bits per heavy atom. The van der Waals surface area contributed by atoms with Crippen LogP contribution in [0.3, 0.4) is 0 Å². The summed E-state index contributed by atoms with van der Waals surface area (Å²) in [6, 6.07) is 3.70. The van der Waals surface area contributed by atoms with Gasteiger partial charge in [-0.15, -0.1) is 0 Å². The smallest absolute Gasteiger partial charge is 0.287 e. The summed E-state index contributed by atoms with van der Waals surface area (Å²) in [6.45, 7) is 0. The summed E-state index contributed by atoms with van der Waals surface area (Å²) in [5.74, 6) is -4.66. The van der Waals surface area contributed by atoms with Crippen LogP contribution in [0.4, 0.5) is 18.9 Å². The molecule has 0 fully saturated rings. The molecule has 0 aliphatic heterocycles. The Hall–Kier alpha value is -3.84. The lowest BCUT2D eigenvalue weighted by Gasteiger charge is -2.14. The molecule has 0 unspecified atom stereocenters. The second-order valence-corrected chi connectivity index (χ2v) is 9.10. The Bertz CT molecular complexity index is 1590. The predicted octanol–water partition coefficient (Wildman–Crippen LogP) is 3.64. The van der Waals surface area contributed by atoms with Crippen molar-refractivity contribution in [3.05, 3.63) is 71.2 Å². The molecular weight excluding hydrogens is 511 g/mol. The number of nitrogens with zero attached hydrogens (tertiary/aromatic N) is 3. The number of carbonyl (C=O) groups is 1. The van der Waals surface area contributed by atoms with Crippen LogP contribution in [0.5, 0.6) is 5.88 Å². The van der Waals surface area contributed by atoms with Gasteiger partial charge in [-0.2, -0.15) is 0 Å². The summed E-state index contributed by atoms with van der Waals surface area (Å²) < 4.78 is 79.1. The van der Waals surface area contributed by atoms with Crippen LogP contribution in [0, 0.1) is 17.5 Å². The van der Waals surface area contributed by atoms with Crippen molar-refractivity contribution in [1.29, 1.82) is 0 Å². The number of aromatic nitrogens is 3. The number of amides is 1. The minimum Gasteiger partial charge on any atom is -0.480 e. The molecule has 0 radical (unpaired) electrons. The normalized spacial score (nSPS) is 11.5. The number of nitrogens with one attached hydrogen (secondary N) is 2. The van der Waals surface area contributed by atoms with E-state index in [1.807, 2.05) is 4.72 Å². The van der Waals surface area contributed by atoms with E-state index >= 15 is 8.78 Å². The van der Waals surface area contributed by atoms with Crippen LogP contribution in [0.25, 0.3) is 16.6 Å². The lowest BCUT2D eigenvalue weighted by atomic mass is 10.0. The van der Waals surface area contributed by atoms with E-state index in [1.165, 1.54) is 20.4 Å². The summed E-state index contributed by atoms with van der Waals surface area (Å²) in [4.78, 5) is 19.0. The third-order valence-corrected chi connectivity index (χ3v) is 6.52. The molecule has 3 aromatic heterocycles. The molecule has 0 atom stereocenters. The fourth-order valence-corrected chi connectivity index (χ4v) is 4.77. The molecular formula is C21H15ClF3N5O4S. The number of benzene rings is 1. The highest BCUT2D eigenvalue weighted by molar-refractivity contribution is 7.92. The minimum atomic E-state index is -4.50. The van der Waals surface area contributed by atoms with E-state index in [1.54, 1.807) is 0 Å². The number of fused-ring (bicyclic) bond motifs is 1. The molecule has 0 spiro atoms. The van der Waals surface area contributed by atoms with Gasteiger partial charge in [0, 0.05) is 25.0 Å². The molecule has 1 amide bonds. The highest BCUT2D eigenvalue weighted by Gasteiger charge is 2.26. The third kappa shape index (κ3) is 4.23. The SMILES string of the molecule is CNC(=O)c1ncc2c(F)c(-c3c(F)ccc(NS(=O)(=O)c4cc(Cl)cnc4OC)c3F)ccn12. The first-order valence-corrected chi connectivity index (χ1v) is 11.5. The number of hydrogen-bond donors (Lipinski definition) is 2. The van der Waals surface area contributed by atoms with Gasteiger partial charge >= 0.3 is 0 Å². The molecule has 0 aliphatic rings. The average molecular weight is 526 g/mol. The Labute approximate surface area is 201 Å². The van der Waals surface area contributed by atoms with Gasteiger partial charge in [-0.1, -0.05) is 11.6 Å². The fourth-order valence-electron chi connectivity index (χ4n) is 3.34. The Balaban J connectivity index is 1.82. The predicted molar refractivity (Wildman–Crippen MR) is 120 cm³/mol. The van der Waals surface area contributed by atoms with E-state index < -0.39 is 55.1 Å². The van der Waals surface area contributed by atoms with Gasteiger partial charge < -0.3 is 10.1 Å². The number of pyridine rings is 2. The zero-order chi connectivity index (χ0) is 25.5. The third-order valence-electron chi connectivity index (χ3n) is 4.95. The number of halogens is 4. The van der Waals surface area contributed by atoms with Crippen molar-refractivity contribution in [1.82, 2.24) is 19.7 Å². The molecule has 14 heteroatoms. The summed E-state index contributed by atoms with van der Waals surface area (Å²) in [7, 11) is -1.96. The van der Waals surface area contributed by atoms with E-state index in [2.05, 4.69) is 15.3 Å². The molecule has 0 saturated heterocycles. The maximum Gasteiger partial charge on any atom is 0.287 e. The quantitative estimate of drug-likeness (QED) is 0.397. The van der Waals surface area contributed by atoms with Crippen LogP contribution in [0.15, 0.2) is 47.8 Å². The molecule has 182 valence electrons. The topological polar surface area (TPSA) is 115 Å². The molecule has 1 aromatic carbocycles. The van der Waals surface area contributed by atoms with Gasteiger partial charge in [-0.3, -0.25) is 13.9 Å². The zero-order valence-electron chi connectivity index (χ0n) is 17.9. The molecule has 0 saturated carbocycles. The Morgan fingerprint density at radius 1 is 1.11 bits per heavy atom. The maximum atomic E-state index is 15.4. The number of carbonyl (C=O) groups excluding carboxylic acids is 1. The van der Waals surface area contributed by atoms with E-state index in [-0.39, 0.29) is 22.2 Å². The van der Waals surface area contributed by atoms with Gasteiger partial charge in [0.2, 0.25) is 11.7 Å². The Kier molecular flexibility index (Phi) is 6.30. The number of methoxy groups -OCH3 is 1. The second-order valence-electron chi connectivity index (χ2n) is 7.01. The van der Waals surface area contributed by atoms with Crippen LogP contribution in [-0.4, -0.2) is 42.9 Å². The van der Waals surface area contributed by atoms with Gasteiger partial charge in [0.25, 0.3) is 15.9 Å². The molecule has 4 aromatic rings. The van der Waals surface area contributed by atoms with Gasteiger partial charge in [0.05, 0.1) is 29.6 Å². The maximum absolute atomic E-state index is 15.4. The van der Waals surface area contributed by atoms with Crippen molar-refractivity contribution in [3.8, 4) is 17.0 Å². The monoisotopic (exact) mass is 525 g/mol. The van der Waals surface area contributed by atoms with E-state index in [4.69, 9.17) is 16.3 Å². The number of ether oxygens (including phenoxy) is 1. The molecule has 4 rings (SSSR count). The van der Waals surface area contributed by atoms with Crippen molar-refractivity contribution in [2.75, 3.05) is 18.9 Å². The van der Waals surface area contributed by atoms with Gasteiger partial charge in [0.1, 0.15) is 11.3 Å². The highest BCUT2D eigenvalue weighted by Crippen LogP contribution is 2.35. The lowest BCUT2D eigenvalue weighted by Crippen LogP contribution is -2.20. The molecule has 0 bridgehead atoms. The number of hydrogen-bond acceptors (Lipinski definition) is 6. The van der Waals surface area contributed by atoms with Gasteiger partial charge in [-0.05, 0) is 24.3 Å². The summed E-state index contributed by atoms with van der Waals surface area (Å²) in [5.41, 5.74) is -2.23. The summed E-state index contributed by atoms with van der Waals surface area (Å²) >= 11 is 5.83. The first-order chi connectivity index (χ1) is 16.6. The van der Waals surface area contributed by atoms with Crippen molar-refractivity contribution >= 4 is 38.7 Å². The van der Waals surface area contributed by atoms with Crippen LogP contribution in [0.2, 0.25) is 5.02 Å².